The molecule has 0 heterocycles. The largest absolute Gasteiger partial charge is 0.469 e. The lowest BCUT2D eigenvalue weighted by Crippen LogP contribution is -2.14. The van der Waals surface area contributed by atoms with Crippen molar-refractivity contribution in [3.05, 3.63) is 68.0 Å². The fourth-order valence-corrected chi connectivity index (χ4v) is 2.91. The molecular formula is C20H17FINO4. The molecular weight excluding hydrogens is 464 g/mol. The summed E-state index contributed by atoms with van der Waals surface area (Å²) in [5, 5.41) is 9.12. The second-order valence-corrected chi connectivity index (χ2v) is 6.94. The Balaban J connectivity index is 2.17. The predicted molar refractivity (Wildman–Crippen MR) is 105 cm³/mol. The van der Waals surface area contributed by atoms with Crippen LogP contribution >= 0.6 is 22.6 Å². The van der Waals surface area contributed by atoms with Crippen LogP contribution in [0.4, 0.5) is 4.39 Å². The van der Waals surface area contributed by atoms with Gasteiger partial charge in [-0.1, -0.05) is 6.07 Å². The number of carbonyl (C=O) groups is 2. The van der Waals surface area contributed by atoms with Gasteiger partial charge in [-0.15, -0.1) is 0 Å². The third-order valence-corrected chi connectivity index (χ3v) is 4.51. The van der Waals surface area contributed by atoms with E-state index in [1.165, 1.54) is 19.2 Å². The maximum absolute atomic E-state index is 14.2. The van der Waals surface area contributed by atoms with Gasteiger partial charge >= 0.3 is 5.97 Å². The number of ketones is 1. The number of hydrogen-bond acceptors (Lipinski definition) is 5. The van der Waals surface area contributed by atoms with Crippen molar-refractivity contribution in [3.63, 3.8) is 0 Å². The number of rotatable bonds is 8. The molecule has 2 rings (SSSR count). The number of carbonyl (C=O) groups excluding carboxylic acids is 2. The highest BCUT2D eigenvalue weighted by molar-refractivity contribution is 14.1. The molecule has 0 saturated carbocycles. The molecule has 0 aliphatic rings. The van der Waals surface area contributed by atoms with E-state index in [2.05, 4.69) is 4.74 Å². The SMILES string of the molecule is COC(=O)CCOCC(=O)c1ccc(C#N)cc1Cc1ccc(I)cc1F. The Kier molecular flexibility index (Phi) is 7.88. The Morgan fingerprint density at radius 2 is 1.96 bits per heavy atom. The summed E-state index contributed by atoms with van der Waals surface area (Å²) in [4.78, 5) is 23.5. The van der Waals surface area contributed by atoms with Crippen LogP contribution in [0.5, 0.6) is 0 Å². The zero-order chi connectivity index (χ0) is 19.8. The van der Waals surface area contributed by atoms with Gasteiger partial charge in [0, 0.05) is 15.6 Å². The Morgan fingerprint density at radius 1 is 1.19 bits per heavy atom. The van der Waals surface area contributed by atoms with Crippen LogP contribution in [-0.2, 0) is 20.7 Å². The van der Waals surface area contributed by atoms with Crippen molar-refractivity contribution >= 4 is 34.3 Å². The number of nitrogens with zero attached hydrogens (tertiary/aromatic N) is 1. The van der Waals surface area contributed by atoms with Crippen molar-refractivity contribution in [2.24, 2.45) is 0 Å². The summed E-state index contributed by atoms with van der Waals surface area (Å²) in [5.74, 6) is -1.09. The van der Waals surface area contributed by atoms with Gasteiger partial charge in [-0.25, -0.2) is 4.39 Å². The lowest BCUT2D eigenvalue weighted by atomic mass is 9.95. The lowest BCUT2D eigenvalue weighted by molar-refractivity contribution is -0.141. The number of benzene rings is 2. The average molecular weight is 481 g/mol. The van der Waals surface area contributed by atoms with E-state index in [9.17, 15) is 14.0 Å². The molecule has 5 nitrogen and oxygen atoms in total. The predicted octanol–water partition coefficient (Wildman–Crippen LogP) is 3.66. The highest BCUT2D eigenvalue weighted by Crippen LogP contribution is 2.20. The van der Waals surface area contributed by atoms with E-state index in [1.807, 2.05) is 28.7 Å². The van der Waals surface area contributed by atoms with Crippen LogP contribution in [0, 0.1) is 20.7 Å². The van der Waals surface area contributed by atoms with Crippen molar-refractivity contribution in [1.82, 2.24) is 0 Å². The first-order chi connectivity index (χ1) is 12.9. The van der Waals surface area contributed by atoms with Gasteiger partial charge in [0.1, 0.15) is 12.4 Å². The molecule has 27 heavy (non-hydrogen) atoms. The standard InChI is InChI=1S/C20H17FINO4/c1-26-20(25)6-7-27-12-19(24)17-5-2-13(11-23)8-15(17)9-14-3-4-16(22)10-18(14)21/h2-5,8,10H,6-7,9,12H2,1H3. The van der Waals surface area contributed by atoms with Gasteiger partial charge in [0.2, 0.25) is 0 Å². The van der Waals surface area contributed by atoms with E-state index < -0.39 is 5.97 Å². The summed E-state index contributed by atoms with van der Waals surface area (Å²) >= 11 is 2.02. The fraction of sp³-hybridized carbons (Fsp3) is 0.250. The van der Waals surface area contributed by atoms with Gasteiger partial charge < -0.3 is 9.47 Å². The number of halogens is 2. The molecule has 140 valence electrons. The highest BCUT2D eigenvalue weighted by atomic mass is 127. The van der Waals surface area contributed by atoms with Crippen LogP contribution in [0.25, 0.3) is 0 Å². The molecule has 0 fully saturated rings. The smallest absolute Gasteiger partial charge is 0.307 e. The molecule has 0 aliphatic carbocycles. The van der Waals surface area contributed by atoms with E-state index in [-0.39, 0.29) is 37.7 Å². The number of Topliss-reactive ketones (excluding diaryl/α,β-unsaturated/α-hetero) is 1. The first-order valence-corrected chi connectivity index (χ1v) is 9.17. The van der Waals surface area contributed by atoms with Crippen LogP contribution in [0.1, 0.15) is 33.5 Å². The van der Waals surface area contributed by atoms with Crippen molar-refractivity contribution in [2.45, 2.75) is 12.8 Å². The Morgan fingerprint density at radius 3 is 2.63 bits per heavy atom. The molecule has 0 aliphatic heterocycles. The minimum absolute atomic E-state index is 0.0534. The van der Waals surface area contributed by atoms with E-state index in [1.54, 1.807) is 24.3 Å². The van der Waals surface area contributed by atoms with Crippen molar-refractivity contribution < 1.29 is 23.5 Å². The van der Waals surface area contributed by atoms with Crippen molar-refractivity contribution in [2.75, 3.05) is 20.3 Å². The molecule has 2 aromatic rings. The second-order valence-electron chi connectivity index (χ2n) is 5.70. The van der Waals surface area contributed by atoms with Gasteiger partial charge in [0.15, 0.2) is 5.78 Å². The number of methoxy groups -OCH3 is 1. The van der Waals surface area contributed by atoms with Crippen molar-refractivity contribution in [1.29, 1.82) is 5.26 Å². The minimum Gasteiger partial charge on any atom is -0.469 e. The molecule has 0 aromatic heterocycles. The topological polar surface area (TPSA) is 76.4 Å². The maximum Gasteiger partial charge on any atom is 0.307 e. The van der Waals surface area contributed by atoms with E-state index in [0.717, 1.165) is 3.57 Å². The molecule has 0 spiro atoms. The first-order valence-electron chi connectivity index (χ1n) is 8.09. The Bertz CT molecular complexity index is 892. The number of ether oxygens (including phenoxy) is 2. The van der Waals surface area contributed by atoms with Gasteiger partial charge in [-0.2, -0.15) is 5.26 Å². The average Bonchev–Trinajstić information content (AvgIpc) is 2.66. The summed E-state index contributed by atoms with van der Waals surface area (Å²) in [6, 6.07) is 11.6. The summed E-state index contributed by atoms with van der Waals surface area (Å²) in [6.45, 7) is -0.152. The molecule has 0 bridgehead atoms. The molecule has 0 unspecified atom stereocenters. The molecule has 7 heteroatoms. The van der Waals surface area contributed by atoms with Crippen LogP contribution in [0.15, 0.2) is 36.4 Å². The molecule has 2 aromatic carbocycles. The van der Waals surface area contributed by atoms with Gasteiger partial charge in [-0.05, 0) is 64.0 Å². The third kappa shape index (κ3) is 6.12. The van der Waals surface area contributed by atoms with E-state index in [0.29, 0.717) is 22.3 Å². The minimum atomic E-state index is -0.421. The molecule has 0 radical (unpaired) electrons. The van der Waals surface area contributed by atoms with E-state index >= 15 is 0 Å². The summed E-state index contributed by atoms with van der Waals surface area (Å²) < 4.78 is 24.7. The molecule has 0 amide bonds. The van der Waals surface area contributed by atoms with Crippen LogP contribution in [-0.4, -0.2) is 32.1 Å². The van der Waals surface area contributed by atoms with Gasteiger partial charge in [0.05, 0.1) is 31.8 Å². The zero-order valence-corrected chi connectivity index (χ0v) is 16.8. The summed E-state index contributed by atoms with van der Waals surface area (Å²) in [7, 11) is 1.28. The second kappa shape index (κ2) is 10.1. The van der Waals surface area contributed by atoms with Crippen LogP contribution < -0.4 is 0 Å². The quantitative estimate of drug-likeness (QED) is 0.249. The highest BCUT2D eigenvalue weighted by Gasteiger charge is 2.15. The van der Waals surface area contributed by atoms with Gasteiger partial charge in [0.25, 0.3) is 0 Å². The molecule has 0 atom stereocenters. The summed E-state index contributed by atoms with van der Waals surface area (Å²) in [6.07, 6.45) is 0.235. The monoisotopic (exact) mass is 481 g/mol. The van der Waals surface area contributed by atoms with Crippen LogP contribution in [0.2, 0.25) is 0 Å². The van der Waals surface area contributed by atoms with Crippen LogP contribution in [0.3, 0.4) is 0 Å². The fourth-order valence-electron chi connectivity index (χ4n) is 2.45. The third-order valence-electron chi connectivity index (χ3n) is 3.84. The van der Waals surface area contributed by atoms with Crippen molar-refractivity contribution in [3.8, 4) is 6.07 Å². The number of nitriles is 1. The zero-order valence-electron chi connectivity index (χ0n) is 14.6. The molecule has 0 N–H and O–H groups in total. The van der Waals surface area contributed by atoms with E-state index in [4.69, 9.17) is 10.00 Å². The lowest BCUT2D eigenvalue weighted by Gasteiger charge is -2.11. The number of hydrogen-bond donors (Lipinski definition) is 0. The molecule has 0 saturated heterocycles. The number of esters is 1. The summed E-state index contributed by atoms with van der Waals surface area (Å²) in [5.41, 5.74) is 1.74. The first kappa shape index (κ1) is 21.0. The Hall–Kier alpha value is -2.31. The Labute approximate surface area is 170 Å². The normalized spacial score (nSPS) is 10.3. The maximum atomic E-state index is 14.2. The van der Waals surface area contributed by atoms with Gasteiger partial charge in [-0.3, -0.25) is 9.59 Å².